The Morgan fingerprint density at radius 3 is 2.83 bits per heavy atom. The van der Waals surface area contributed by atoms with Crippen LogP contribution in [0.15, 0.2) is 58.2 Å². The van der Waals surface area contributed by atoms with Gasteiger partial charge < -0.3 is 9.15 Å². The number of oxazole rings is 1. The van der Waals surface area contributed by atoms with E-state index in [4.69, 9.17) is 14.4 Å². The zero-order valence-corrected chi connectivity index (χ0v) is 13.7. The highest BCUT2D eigenvalue weighted by atomic mass is 32.2. The van der Waals surface area contributed by atoms with Crippen LogP contribution in [-0.4, -0.2) is 17.1 Å². The van der Waals surface area contributed by atoms with E-state index in [0.29, 0.717) is 16.5 Å². The van der Waals surface area contributed by atoms with Crippen molar-refractivity contribution in [2.75, 3.05) is 0 Å². The third-order valence-corrected chi connectivity index (χ3v) is 4.21. The predicted molar refractivity (Wildman–Crippen MR) is 90.5 cm³/mol. The van der Waals surface area contributed by atoms with Crippen LogP contribution in [0.2, 0.25) is 0 Å². The first kappa shape index (κ1) is 16.1. The van der Waals surface area contributed by atoms with Crippen molar-refractivity contribution in [3.8, 4) is 6.07 Å². The summed E-state index contributed by atoms with van der Waals surface area (Å²) in [4.78, 5) is 16.6. The highest BCUT2D eigenvalue weighted by molar-refractivity contribution is 7.98. The van der Waals surface area contributed by atoms with Gasteiger partial charge in [-0.3, -0.25) is 0 Å². The first-order chi connectivity index (χ1) is 11.7. The normalized spacial score (nSPS) is 11.8. The predicted octanol–water partition coefficient (Wildman–Crippen LogP) is 4.19. The molecule has 6 heteroatoms. The molecule has 120 valence electrons. The molecule has 0 radical (unpaired) electrons. The van der Waals surface area contributed by atoms with Crippen LogP contribution in [0.1, 0.15) is 22.8 Å². The number of aromatic nitrogens is 1. The van der Waals surface area contributed by atoms with Gasteiger partial charge in [0.1, 0.15) is 11.6 Å². The Morgan fingerprint density at radius 2 is 2.04 bits per heavy atom. The Kier molecular flexibility index (Phi) is 4.82. The van der Waals surface area contributed by atoms with Crippen molar-refractivity contribution >= 4 is 28.8 Å². The molecule has 0 aliphatic heterocycles. The molecule has 24 heavy (non-hydrogen) atoms. The number of carbonyl (C=O) groups excluding carboxylic acids is 1. The van der Waals surface area contributed by atoms with Gasteiger partial charge in [-0.1, -0.05) is 42.1 Å². The average molecular weight is 338 g/mol. The molecule has 1 heterocycles. The maximum atomic E-state index is 12.2. The maximum Gasteiger partial charge on any atom is 0.339 e. The van der Waals surface area contributed by atoms with E-state index in [9.17, 15) is 4.79 Å². The number of nitrogens with zero attached hydrogens (tertiary/aromatic N) is 2. The van der Waals surface area contributed by atoms with E-state index in [0.717, 1.165) is 16.7 Å². The van der Waals surface area contributed by atoms with E-state index in [2.05, 4.69) is 4.98 Å². The molecule has 1 atom stereocenters. The molecule has 0 amide bonds. The summed E-state index contributed by atoms with van der Waals surface area (Å²) < 4.78 is 10.7. The van der Waals surface area contributed by atoms with Crippen molar-refractivity contribution in [1.82, 2.24) is 4.98 Å². The third kappa shape index (κ3) is 3.58. The second kappa shape index (κ2) is 7.20. The summed E-state index contributed by atoms with van der Waals surface area (Å²) in [6, 6.07) is 16.6. The summed E-state index contributed by atoms with van der Waals surface area (Å²) >= 11 is 1.40. The molecular weight excluding hydrogens is 324 g/mol. The number of ether oxygens (including phenoxy) is 1. The highest BCUT2D eigenvalue weighted by Gasteiger charge is 2.16. The van der Waals surface area contributed by atoms with E-state index in [-0.39, 0.29) is 0 Å². The standard InChI is InChI=1S/C18H14N2O3S/c1-12(10-19)22-17(21)14-7-3-2-6-13(14)11-24-18-20-15-8-4-5-9-16(15)23-18/h2-9,12H,11H2,1H3/t12-/m1/s1. The number of thioether (sulfide) groups is 1. The molecule has 5 nitrogen and oxygen atoms in total. The van der Waals surface area contributed by atoms with Gasteiger partial charge >= 0.3 is 5.97 Å². The average Bonchev–Trinajstić information content (AvgIpc) is 3.03. The van der Waals surface area contributed by atoms with Gasteiger partial charge in [0.15, 0.2) is 11.7 Å². The molecule has 0 bridgehead atoms. The van der Waals surface area contributed by atoms with Crippen LogP contribution in [-0.2, 0) is 10.5 Å². The third-order valence-electron chi connectivity index (χ3n) is 3.33. The van der Waals surface area contributed by atoms with Crippen LogP contribution in [0.3, 0.4) is 0 Å². The summed E-state index contributed by atoms with van der Waals surface area (Å²) in [6.45, 7) is 1.54. The van der Waals surface area contributed by atoms with Crippen LogP contribution >= 0.6 is 11.8 Å². The second-order valence-electron chi connectivity index (χ2n) is 5.07. The monoisotopic (exact) mass is 338 g/mol. The van der Waals surface area contributed by atoms with Crippen LogP contribution < -0.4 is 0 Å². The molecule has 3 aromatic rings. The lowest BCUT2D eigenvalue weighted by Crippen LogP contribution is -2.14. The minimum Gasteiger partial charge on any atom is -0.444 e. The van der Waals surface area contributed by atoms with Gasteiger partial charge in [0.05, 0.1) is 5.56 Å². The lowest BCUT2D eigenvalue weighted by atomic mass is 10.1. The number of para-hydroxylation sites is 2. The van der Waals surface area contributed by atoms with Crippen molar-refractivity contribution in [2.24, 2.45) is 0 Å². The summed E-state index contributed by atoms with van der Waals surface area (Å²) in [5.74, 6) is 0.0109. The number of nitriles is 1. The SMILES string of the molecule is C[C@H](C#N)OC(=O)c1ccccc1CSc1nc2ccccc2o1. The first-order valence-electron chi connectivity index (χ1n) is 7.34. The molecule has 0 N–H and O–H groups in total. The zero-order chi connectivity index (χ0) is 16.9. The lowest BCUT2D eigenvalue weighted by Gasteiger charge is -2.09. The molecular formula is C18H14N2O3S. The van der Waals surface area contributed by atoms with E-state index >= 15 is 0 Å². The van der Waals surface area contributed by atoms with Gasteiger partial charge in [-0.05, 0) is 30.7 Å². The topological polar surface area (TPSA) is 76.1 Å². The number of hydrogen-bond acceptors (Lipinski definition) is 6. The fourth-order valence-electron chi connectivity index (χ4n) is 2.15. The van der Waals surface area contributed by atoms with Crippen molar-refractivity contribution in [3.05, 3.63) is 59.7 Å². The number of rotatable bonds is 5. The molecule has 0 saturated carbocycles. The number of carbonyl (C=O) groups is 1. The Bertz CT molecular complexity index is 881. The van der Waals surface area contributed by atoms with Crippen molar-refractivity contribution < 1.29 is 13.9 Å². The van der Waals surface area contributed by atoms with E-state index in [1.54, 1.807) is 12.1 Å². The van der Waals surface area contributed by atoms with Crippen LogP contribution in [0.25, 0.3) is 11.1 Å². The number of hydrogen-bond donors (Lipinski definition) is 0. The molecule has 0 saturated heterocycles. The van der Waals surface area contributed by atoms with E-state index < -0.39 is 12.1 Å². The van der Waals surface area contributed by atoms with Crippen LogP contribution in [0.5, 0.6) is 0 Å². The van der Waals surface area contributed by atoms with Crippen LogP contribution in [0.4, 0.5) is 0 Å². The van der Waals surface area contributed by atoms with Crippen molar-refractivity contribution in [1.29, 1.82) is 5.26 Å². The Balaban J connectivity index is 1.75. The number of esters is 1. The van der Waals surface area contributed by atoms with Crippen molar-refractivity contribution in [3.63, 3.8) is 0 Å². The zero-order valence-electron chi connectivity index (χ0n) is 12.9. The smallest absolute Gasteiger partial charge is 0.339 e. The second-order valence-corrected chi connectivity index (χ2v) is 6.00. The fourth-order valence-corrected chi connectivity index (χ4v) is 2.99. The van der Waals surface area contributed by atoms with E-state index in [1.807, 2.05) is 42.5 Å². The highest BCUT2D eigenvalue weighted by Crippen LogP contribution is 2.27. The first-order valence-corrected chi connectivity index (χ1v) is 8.33. The molecule has 1 aromatic heterocycles. The summed E-state index contributed by atoms with van der Waals surface area (Å²) in [5, 5.41) is 9.32. The number of benzene rings is 2. The molecule has 0 fully saturated rings. The maximum absolute atomic E-state index is 12.2. The molecule has 0 aliphatic carbocycles. The summed E-state index contributed by atoms with van der Waals surface area (Å²) in [5.41, 5.74) is 2.79. The van der Waals surface area contributed by atoms with Gasteiger partial charge in [-0.25, -0.2) is 9.78 Å². The Hall–Kier alpha value is -2.78. The van der Waals surface area contributed by atoms with E-state index in [1.165, 1.54) is 18.7 Å². The van der Waals surface area contributed by atoms with Gasteiger partial charge in [0.25, 0.3) is 5.22 Å². The fraction of sp³-hybridized carbons (Fsp3) is 0.167. The largest absolute Gasteiger partial charge is 0.444 e. The summed E-state index contributed by atoms with van der Waals surface area (Å²) in [7, 11) is 0. The van der Waals surface area contributed by atoms with Gasteiger partial charge in [-0.2, -0.15) is 5.26 Å². The van der Waals surface area contributed by atoms with Gasteiger partial charge in [0, 0.05) is 5.75 Å². The van der Waals surface area contributed by atoms with Gasteiger partial charge in [-0.15, -0.1) is 0 Å². The molecule has 0 unspecified atom stereocenters. The van der Waals surface area contributed by atoms with Crippen molar-refractivity contribution in [2.45, 2.75) is 24.0 Å². The molecule has 0 spiro atoms. The minimum absolute atomic E-state index is 0.447. The number of fused-ring (bicyclic) bond motifs is 1. The Morgan fingerprint density at radius 1 is 1.29 bits per heavy atom. The van der Waals surface area contributed by atoms with Crippen LogP contribution in [0, 0.1) is 11.3 Å². The quantitative estimate of drug-likeness (QED) is 0.513. The molecule has 2 aromatic carbocycles. The lowest BCUT2D eigenvalue weighted by molar-refractivity contribution is 0.0434. The minimum atomic E-state index is -0.782. The molecule has 0 aliphatic rings. The van der Waals surface area contributed by atoms with Gasteiger partial charge in [0.2, 0.25) is 0 Å². The molecule has 3 rings (SSSR count). The Labute approximate surface area is 143 Å². The summed E-state index contributed by atoms with van der Waals surface area (Å²) in [6.07, 6.45) is -0.782.